The number of methoxy groups -OCH3 is 1. The molecule has 0 saturated carbocycles. The van der Waals surface area contributed by atoms with Gasteiger partial charge in [-0.1, -0.05) is 36.4 Å². The van der Waals surface area contributed by atoms with Crippen LogP contribution in [0.5, 0.6) is 5.75 Å². The number of urea groups is 1. The van der Waals surface area contributed by atoms with Crippen molar-refractivity contribution in [1.29, 1.82) is 0 Å². The number of ether oxygens (including phenoxy) is 1. The highest BCUT2D eigenvalue weighted by Gasteiger charge is 2.30. The Morgan fingerprint density at radius 2 is 1.74 bits per heavy atom. The van der Waals surface area contributed by atoms with Gasteiger partial charge in [0.05, 0.1) is 13.7 Å². The molecule has 1 N–H and O–H groups in total. The predicted octanol–water partition coefficient (Wildman–Crippen LogP) is 2.39. The lowest BCUT2D eigenvalue weighted by molar-refractivity contribution is -0.121. The Hall–Kier alpha value is -3.09. The van der Waals surface area contributed by atoms with Crippen molar-refractivity contribution >= 4 is 11.9 Å². The minimum absolute atomic E-state index is 0.0260. The average Bonchev–Trinajstić information content (AvgIpc) is 3.02. The third-order valence-corrected chi connectivity index (χ3v) is 4.50. The van der Waals surface area contributed by atoms with Gasteiger partial charge in [-0.3, -0.25) is 4.79 Å². The molecule has 2 aromatic rings. The van der Waals surface area contributed by atoms with Gasteiger partial charge in [-0.05, 0) is 12.1 Å². The third kappa shape index (κ3) is 4.55. The molecule has 3 amide bonds. The van der Waals surface area contributed by atoms with Crippen molar-refractivity contribution < 1.29 is 18.7 Å². The van der Waals surface area contributed by atoms with Crippen molar-refractivity contribution in [1.82, 2.24) is 15.1 Å². The highest BCUT2D eigenvalue weighted by molar-refractivity contribution is 5.85. The highest BCUT2D eigenvalue weighted by Crippen LogP contribution is 2.17. The Balaban J connectivity index is 1.51. The lowest BCUT2D eigenvalue weighted by atomic mass is 10.2. The van der Waals surface area contributed by atoms with Crippen LogP contribution >= 0.6 is 0 Å². The summed E-state index contributed by atoms with van der Waals surface area (Å²) in [6.45, 7) is 1.40. The number of hydrogen-bond acceptors (Lipinski definition) is 3. The van der Waals surface area contributed by atoms with Crippen LogP contribution in [0.1, 0.15) is 11.1 Å². The molecule has 2 aromatic carbocycles. The van der Waals surface area contributed by atoms with E-state index in [1.165, 1.54) is 11.0 Å². The first-order valence-corrected chi connectivity index (χ1v) is 8.74. The number of nitrogens with one attached hydrogen (secondary N) is 1. The van der Waals surface area contributed by atoms with Crippen LogP contribution in [0.2, 0.25) is 0 Å². The molecule has 0 aliphatic carbocycles. The third-order valence-electron chi connectivity index (χ3n) is 4.50. The van der Waals surface area contributed by atoms with Crippen molar-refractivity contribution in [2.24, 2.45) is 0 Å². The van der Waals surface area contributed by atoms with Crippen LogP contribution in [0.25, 0.3) is 0 Å². The van der Waals surface area contributed by atoms with Crippen LogP contribution in [-0.4, -0.2) is 48.5 Å². The zero-order valence-corrected chi connectivity index (χ0v) is 15.2. The Morgan fingerprint density at radius 1 is 1.07 bits per heavy atom. The summed E-state index contributed by atoms with van der Waals surface area (Å²) >= 11 is 0. The number of amides is 3. The Morgan fingerprint density at radius 3 is 2.48 bits per heavy atom. The van der Waals surface area contributed by atoms with Gasteiger partial charge in [-0.2, -0.15) is 0 Å². The number of benzene rings is 2. The van der Waals surface area contributed by atoms with E-state index in [1.807, 2.05) is 24.3 Å². The maximum atomic E-state index is 13.8. The minimum Gasteiger partial charge on any atom is -0.496 e. The Labute approximate surface area is 157 Å². The maximum absolute atomic E-state index is 13.8. The summed E-state index contributed by atoms with van der Waals surface area (Å²) < 4.78 is 19.0. The van der Waals surface area contributed by atoms with E-state index in [9.17, 15) is 14.0 Å². The normalized spacial score (nSPS) is 13.8. The van der Waals surface area contributed by atoms with Crippen LogP contribution in [0.15, 0.2) is 48.5 Å². The molecule has 3 rings (SSSR count). The number of carbonyl (C=O) groups is 2. The van der Waals surface area contributed by atoms with Crippen molar-refractivity contribution in [3.8, 4) is 5.75 Å². The van der Waals surface area contributed by atoms with Gasteiger partial charge in [-0.15, -0.1) is 0 Å². The zero-order valence-electron chi connectivity index (χ0n) is 15.2. The molecule has 0 atom stereocenters. The molecule has 1 aliphatic rings. The summed E-state index contributed by atoms with van der Waals surface area (Å²) in [5.41, 5.74) is 1.33. The molecule has 0 unspecified atom stereocenters. The summed E-state index contributed by atoms with van der Waals surface area (Å²) in [6.07, 6.45) is 0. The molecular weight excluding hydrogens is 349 g/mol. The lowest BCUT2D eigenvalue weighted by Crippen LogP contribution is -2.39. The molecule has 142 valence electrons. The molecular formula is C20H22FN3O3. The summed E-state index contributed by atoms with van der Waals surface area (Å²) in [5.74, 6) is 0.117. The summed E-state index contributed by atoms with van der Waals surface area (Å²) in [6, 6.07) is 13.6. The largest absolute Gasteiger partial charge is 0.496 e. The number of carbonyl (C=O) groups excluding carboxylic acids is 2. The number of hydrogen-bond donors (Lipinski definition) is 1. The second kappa shape index (κ2) is 8.53. The summed E-state index contributed by atoms with van der Waals surface area (Å²) in [5, 5.41) is 2.80. The lowest BCUT2D eigenvalue weighted by Gasteiger charge is -2.19. The van der Waals surface area contributed by atoms with E-state index in [2.05, 4.69) is 5.32 Å². The van der Waals surface area contributed by atoms with E-state index in [0.29, 0.717) is 30.9 Å². The minimum atomic E-state index is -0.335. The van der Waals surface area contributed by atoms with Crippen molar-refractivity contribution in [2.45, 2.75) is 13.1 Å². The Kier molecular flexibility index (Phi) is 5.90. The standard InChI is InChI=1S/C20H22FN3O3/c1-27-18-9-5-3-6-15(18)12-22-19(25)14-24-11-10-23(20(24)26)13-16-7-2-4-8-17(16)21/h2-9H,10-14H2,1H3,(H,22,25). The second-order valence-corrected chi connectivity index (χ2v) is 6.31. The number of rotatable bonds is 7. The van der Waals surface area contributed by atoms with Crippen molar-refractivity contribution in [3.63, 3.8) is 0 Å². The van der Waals surface area contributed by atoms with Gasteiger partial charge in [0, 0.05) is 30.8 Å². The fraction of sp³-hybridized carbons (Fsp3) is 0.300. The van der Waals surface area contributed by atoms with Gasteiger partial charge >= 0.3 is 6.03 Å². The maximum Gasteiger partial charge on any atom is 0.320 e. The molecule has 0 radical (unpaired) electrons. The van der Waals surface area contributed by atoms with E-state index in [4.69, 9.17) is 4.74 Å². The summed E-state index contributed by atoms with van der Waals surface area (Å²) in [7, 11) is 1.58. The van der Waals surface area contributed by atoms with Crippen LogP contribution in [0.3, 0.4) is 0 Å². The fourth-order valence-electron chi connectivity index (χ4n) is 3.03. The first-order chi connectivity index (χ1) is 13.1. The molecule has 6 nitrogen and oxygen atoms in total. The smallest absolute Gasteiger partial charge is 0.320 e. The van der Waals surface area contributed by atoms with Gasteiger partial charge in [0.1, 0.15) is 18.1 Å². The number of halogens is 1. The van der Waals surface area contributed by atoms with Crippen LogP contribution in [0, 0.1) is 5.82 Å². The van der Waals surface area contributed by atoms with E-state index in [0.717, 1.165) is 5.56 Å². The van der Waals surface area contributed by atoms with Crippen LogP contribution in [-0.2, 0) is 17.9 Å². The first-order valence-electron chi connectivity index (χ1n) is 8.74. The molecule has 0 aromatic heterocycles. The van der Waals surface area contributed by atoms with Crippen molar-refractivity contribution in [2.75, 3.05) is 26.7 Å². The van der Waals surface area contributed by atoms with Gasteiger partial charge in [0.2, 0.25) is 5.91 Å². The van der Waals surface area contributed by atoms with E-state index in [-0.39, 0.29) is 30.8 Å². The SMILES string of the molecule is COc1ccccc1CNC(=O)CN1CCN(Cc2ccccc2F)C1=O. The second-order valence-electron chi connectivity index (χ2n) is 6.31. The van der Waals surface area contributed by atoms with Crippen molar-refractivity contribution in [3.05, 3.63) is 65.5 Å². The quantitative estimate of drug-likeness (QED) is 0.813. The van der Waals surface area contributed by atoms with Gasteiger partial charge < -0.3 is 19.9 Å². The first kappa shape index (κ1) is 18.7. The monoisotopic (exact) mass is 371 g/mol. The molecule has 1 heterocycles. The predicted molar refractivity (Wildman–Crippen MR) is 98.6 cm³/mol. The average molecular weight is 371 g/mol. The molecule has 1 saturated heterocycles. The molecule has 1 aliphatic heterocycles. The molecule has 1 fully saturated rings. The summed E-state index contributed by atoms with van der Waals surface area (Å²) in [4.78, 5) is 27.7. The highest BCUT2D eigenvalue weighted by atomic mass is 19.1. The number of para-hydroxylation sites is 1. The van der Waals surface area contributed by atoms with Gasteiger partial charge in [0.15, 0.2) is 0 Å². The molecule has 0 spiro atoms. The van der Waals surface area contributed by atoms with Crippen LogP contribution < -0.4 is 10.1 Å². The molecule has 0 bridgehead atoms. The van der Waals surface area contributed by atoms with E-state index in [1.54, 1.807) is 30.2 Å². The van der Waals surface area contributed by atoms with Gasteiger partial charge in [-0.25, -0.2) is 9.18 Å². The zero-order chi connectivity index (χ0) is 19.2. The van der Waals surface area contributed by atoms with Gasteiger partial charge in [0.25, 0.3) is 0 Å². The van der Waals surface area contributed by atoms with E-state index >= 15 is 0 Å². The van der Waals surface area contributed by atoms with Crippen LogP contribution in [0.4, 0.5) is 9.18 Å². The topological polar surface area (TPSA) is 61.9 Å². The van der Waals surface area contributed by atoms with E-state index < -0.39 is 0 Å². The molecule has 27 heavy (non-hydrogen) atoms. The number of nitrogens with zero attached hydrogens (tertiary/aromatic N) is 2. The fourth-order valence-corrected chi connectivity index (χ4v) is 3.03. The molecule has 7 heteroatoms. The Bertz CT molecular complexity index is 828.